The molecular formula is C14H15NO5. The second-order valence-electron chi connectivity index (χ2n) is 3.86. The standard InChI is InChI=1S/C14H15NO5/c1-3-20-12-5-4-10(9(2)16)8-11(12)15-13(17)6-7-14(18)19/h4-8H,3H2,1-2H3,(H,15,17)(H,18,19)/b7-6-. The fourth-order valence-corrected chi connectivity index (χ4v) is 1.45. The molecular weight excluding hydrogens is 262 g/mol. The van der Waals surface area contributed by atoms with Crippen LogP contribution >= 0.6 is 0 Å². The van der Waals surface area contributed by atoms with Crippen LogP contribution in [0.5, 0.6) is 5.75 Å². The number of aliphatic carboxylic acids is 1. The Labute approximate surface area is 116 Å². The Balaban J connectivity index is 3.00. The molecule has 2 N–H and O–H groups in total. The molecule has 0 atom stereocenters. The van der Waals surface area contributed by atoms with Crippen LogP contribution in [0.3, 0.4) is 0 Å². The maximum atomic E-state index is 11.6. The Kier molecular flexibility index (Phi) is 5.46. The highest BCUT2D eigenvalue weighted by molar-refractivity contribution is 6.04. The predicted octanol–water partition coefficient (Wildman–Crippen LogP) is 1.87. The van der Waals surface area contributed by atoms with Gasteiger partial charge in [-0.1, -0.05) is 0 Å². The number of Topliss-reactive ketones (excluding diaryl/α,β-unsaturated/α-hetero) is 1. The van der Waals surface area contributed by atoms with Crippen molar-refractivity contribution < 1.29 is 24.2 Å². The molecule has 0 heterocycles. The van der Waals surface area contributed by atoms with Crippen molar-refractivity contribution in [1.82, 2.24) is 0 Å². The molecule has 0 spiro atoms. The van der Waals surface area contributed by atoms with Gasteiger partial charge in [0.05, 0.1) is 12.3 Å². The van der Waals surface area contributed by atoms with E-state index in [2.05, 4.69) is 5.32 Å². The Bertz CT molecular complexity index is 563. The van der Waals surface area contributed by atoms with E-state index in [0.717, 1.165) is 12.2 Å². The van der Waals surface area contributed by atoms with E-state index in [0.29, 0.717) is 23.6 Å². The first kappa shape index (κ1) is 15.4. The SMILES string of the molecule is CCOc1ccc(C(C)=O)cc1NC(=O)/C=C\C(=O)O. The van der Waals surface area contributed by atoms with Gasteiger partial charge >= 0.3 is 5.97 Å². The molecule has 0 fully saturated rings. The number of ether oxygens (including phenoxy) is 1. The predicted molar refractivity (Wildman–Crippen MR) is 73.0 cm³/mol. The molecule has 0 aliphatic heterocycles. The number of hydrogen-bond donors (Lipinski definition) is 2. The van der Waals surface area contributed by atoms with Crippen molar-refractivity contribution in [3.8, 4) is 5.75 Å². The lowest BCUT2D eigenvalue weighted by Crippen LogP contribution is -2.11. The average Bonchev–Trinajstić information content (AvgIpc) is 2.38. The molecule has 0 aliphatic carbocycles. The monoisotopic (exact) mass is 277 g/mol. The van der Waals surface area contributed by atoms with Crippen molar-refractivity contribution in [2.24, 2.45) is 0 Å². The summed E-state index contributed by atoms with van der Waals surface area (Å²) in [4.78, 5) is 33.2. The highest BCUT2D eigenvalue weighted by Crippen LogP contribution is 2.26. The Morgan fingerprint density at radius 3 is 2.55 bits per heavy atom. The van der Waals surface area contributed by atoms with Gasteiger partial charge in [-0.3, -0.25) is 9.59 Å². The summed E-state index contributed by atoms with van der Waals surface area (Å²) >= 11 is 0. The summed E-state index contributed by atoms with van der Waals surface area (Å²) in [5, 5.41) is 10.9. The first-order chi connectivity index (χ1) is 9.43. The molecule has 20 heavy (non-hydrogen) atoms. The third-order valence-corrected chi connectivity index (χ3v) is 2.32. The van der Waals surface area contributed by atoms with Crippen LogP contribution in [-0.2, 0) is 9.59 Å². The van der Waals surface area contributed by atoms with Crippen LogP contribution in [0.25, 0.3) is 0 Å². The van der Waals surface area contributed by atoms with Crippen LogP contribution in [0.1, 0.15) is 24.2 Å². The fraction of sp³-hybridized carbons (Fsp3) is 0.214. The summed E-state index contributed by atoms with van der Waals surface area (Å²) in [5.74, 6) is -1.57. The number of rotatable bonds is 6. The zero-order chi connectivity index (χ0) is 15.1. The molecule has 0 aliphatic rings. The number of ketones is 1. The number of carboxylic acid groups (broad SMARTS) is 1. The molecule has 0 unspecified atom stereocenters. The second-order valence-corrected chi connectivity index (χ2v) is 3.86. The van der Waals surface area contributed by atoms with Gasteiger partial charge in [-0.2, -0.15) is 0 Å². The van der Waals surface area contributed by atoms with Gasteiger partial charge in [-0.25, -0.2) is 4.79 Å². The topological polar surface area (TPSA) is 92.7 Å². The number of carbonyl (C=O) groups excluding carboxylic acids is 2. The molecule has 1 aromatic rings. The minimum Gasteiger partial charge on any atom is -0.492 e. The van der Waals surface area contributed by atoms with Crippen molar-refractivity contribution in [3.63, 3.8) is 0 Å². The molecule has 1 amide bonds. The first-order valence-corrected chi connectivity index (χ1v) is 5.93. The summed E-state index contributed by atoms with van der Waals surface area (Å²) in [6, 6.07) is 4.66. The lowest BCUT2D eigenvalue weighted by Gasteiger charge is -2.11. The first-order valence-electron chi connectivity index (χ1n) is 5.93. The van der Waals surface area contributed by atoms with Crippen LogP contribution in [0, 0.1) is 0 Å². The molecule has 0 radical (unpaired) electrons. The molecule has 1 rings (SSSR count). The summed E-state index contributed by atoms with van der Waals surface area (Å²) in [6.45, 7) is 3.59. The Morgan fingerprint density at radius 1 is 1.30 bits per heavy atom. The van der Waals surface area contributed by atoms with Crippen LogP contribution < -0.4 is 10.1 Å². The third-order valence-electron chi connectivity index (χ3n) is 2.32. The highest BCUT2D eigenvalue weighted by atomic mass is 16.5. The van der Waals surface area contributed by atoms with E-state index in [-0.39, 0.29) is 5.78 Å². The van der Waals surface area contributed by atoms with E-state index in [1.165, 1.54) is 13.0 Å². The van der Waals surface area contributed by atoms with E-state index in [4.69, 9.17) is 9.84 Å². The molecule has 0 saturated carbocycles. The van der Waals surface area contributed by atoms with E-state index in [9.17, 15) is 14.4 Å². The number of hydrogen-bond acceptors (Lipinski definition) is 4. The molecule has 106 valence electrons. The van der Waals surface area contributed by atoms with E-state index >= 15 is 0 Å². The normalized spacial score (nSPS) is 10.3. The number of carboxylic acids is 1. The van der Waals surface area contributed by atoms with Crippen molar-refractivity contribution >= 4 is 23.3 Å². The summed E-state index contributed by atoms with van der Waals surface area (Å²) in [7, 11) is 0. The fourth-order valence-electron chi connectivity index (χ4n) is 1.45. The van der Waals surface area contributed by atoms with Gasteiger partial charge < -0.3 is 15.2 Å². The van der Waals surface area contributed by atoms with Crippen molar-refractivity contribution in [2.45, 2.75) is 13.8 Å². The van der Waals surface area contributed by atoms with Crippen LogP contribution in [0.2, 0.25) is 0 Å². The van der Waals surface area contributed by atoms with Gasteiger partial charge in [0.2, 0.25) is 5.91 Å². The Morgan fingerprint density at radius 2 is 2.00 bits per heavy atom. The maximum Gasteiger partial charge on any atom is 0.328 e. The lowest BCUT2D eigenvalue weighted by atomic mass is 10.1. The molecule has 1 aromatic carbocycles. The van der Waals surface area contributed by atoms with Gasteiger partial charge in [-0.05, 0) is 32.0 Å². The van der Waals surface area contributed by atoms with E-state index < -0.39 is 11.9 Å². The van der Waals surface area contributed by atoms with Gasteiger partial charge in [-0.15, -0.1) is 0 Å². The minimum atomic E-state index is -1.22. The van der Waals surface area contributed by atoms with Crippen molar-refractivity contribution in [2.75, 3.05) is 11.9 Å². The molecule has 6 nitrogen and oxygen atoms in total. The minimum absolute atomic E-state index is 0.148. The number of benzene rings is 1. The van der Waals surface area contributed by atoms with Crippen LogP contribution in [-0.4, -0.2) is 29.4 Å². The number of amides is 1. The van der Waals surface area contributed by atoms with Crippen LogP contribution in [0.15, 0.2) is 30.4 Å². The zero-order valence-electron chi connectivity index (χ0n) is 11.2. The van der Waals surface area contributed by atoms with Crippen molar-refractivity contribution in [3.05, 3.63) is 35.9 Å². The smallest absolute Gasteiger partial charge is 0.328 e. The molecule has 0 saturated heterocycles. The second kappa shape index (κ2) is 7.08. The van der Waals surface area contributed by atoms with Gasteiger partial charge in [0.15, 0.2) is 5.78 Å². The number of carbonyl (C=O) groups is 3. The third kappa shape index (κ3) is 4.56. The molecule has 0 bridgehead atoms. The number of nitrogens with one attached hydrogen (secondary N) is 1. The largest absolute Gasteiger partial charge is 0.492 e. The average molecular weight is 277 g/mol. The summed E-state index contributed by atoms with van der Waals surface area (Å²) < 4.78 is 5.33. The summed E-state index contributed by atoms with van der Waals surface area (Å²) in [5.41, 5.74) is 0.741. The molecule has 0 aromatic heterocycles. The summed E-state index contributed by atoms with van der Waals surface area (Å²) in [6.07, 6.45) is 1.61. The van der Waals surface area contributed by atoms with Gasteiger partial charge in [0.25, 0.3) is 0 Å². The van der Waals surface area contributed by atoms with E-state index in [1.807, 2.05) is 0 Å². The highest BCUT2D eigenvalue weighted by Gasteiger charge is 2.09. The van der Waals surface area contributed by atoms with E-state index in [1.54, 1.807) is 19.1 Å². The zero-order valence-corrected chi connectivity index (χ0v) is 11.2. The number of anilines is 1. The van der Waals surface area contributed by atoms with Crippen molar-refractivity contribution in [1.29, 1.82) is 0 Å². The van der Waals surface area contributed by atoms with Crippen LogP contribution in [0.4, 0.5) is 5.69 Å². The molecule has 6 heteroatoms. The van der Waals surface area contributed by atoms with Gasteiger partial charge in [0, 0.05) is 17.7 Å². The Hall–Kier alpha value is -2.63. The maximum absolute atomic E-state index is 11.6. The quantitative estimate of drug-likeness (QED) is 0.611. The lowest BCUT2D eigenvalue weighted by molar-refractivity contribution is -0.131. The van der Waals surface area contributed by atoms with Gasteiger partial charge in [0.1, 0.15) is 5.75 Å².